The first-order valence-electron chi connectivity index (χ1n) is 8.55. The Bertz CT molecular complexity index is 500. The van der Waals surface area contributed by atoms with E-state index in [0.29, 0.717) is 19.0 Å². The summed E-state index contributed by atoms with van der Waals surface area (Å²) in [7, 11) is 0. The molecule has 1 aromatic rings. The molecule has 3 rings (SSSR count). The summed E-state index contributed by atoms with van der Waals surface area (Å²) in [6.45, 7) is 8.61. The maximum Gasteiger partial charge on any atom is 0.236 e. The Kier molecular flexibility index (Phi) is 5.69. The van der Waals surface area contributed by atoms with Crippen LogP contribution in [0.2, 0.25) is 0 Å². The van der Waals surface area contributed by atoms with E-state index in [-0.39, 0.29) is 12.0 Å². The summed E-state index contributed by atoms with van der Waals surface area (Å²) in [4.78, 5) is 20.4. The topological polar surface area (TPSA) is 47.0 Å². The van der Waals surface area contributed by atoms with Gasteiger partial charge in [0.05, 0.1) is 12.6 Å². The zero-order valence-electron chi connectivity index (χ0n) is 13.9. The molecule has 0 spiro atoms. The fourth-order valence-electron chi connectivity index (χ4n) is 3.33. The van der Waals surface area contributed by atoms with Crippen LogP contribution < -0.4 is 0 Å². The minimum Gasteiger partial charge on any atom is -0.392 e. The molecule has 1 aromatic heterocycles. The second-order valence-corrected chi connectivity index (χ2v) is 7.84. The lowest BCUT2D eigenvalue weighted by Crippen LogP contribution is -2.52. The van der Waals surface area contributed by atoms with Gasteiger partial charge in [-0.1, -0.05) is 13.0 Å². The lowest BCUT2D eigenvalue weighted by atomic mass is 9.96. The molecule has 2 saturated heterocycles. The van der Waals surface area contributed by atoms with Crippen LogP contribution in [-0.2, 0) is 11.3 Å². The van der Waals surface area contributed by atoms with Crippen molar-refractivity contribution in [2.24, 2.45) is 5.92 Å². The summed E-state index contributed by atoms with van der Waals surface area (Å²) in [6.07, 6.45) is 0.683. The van der Waals surface area contributed by atoms with Crippen molar-refractivity contribution in [2.45, 2.75) is 26.0 Å². The lowest BCUT2D eigenvalue weighted by Gasteiger charge is -2.37. The summed E-state index contributed by atoms with van der Waals surface area (Å²) in [5.74, 6) is 0.560. The molecule has 23 heavy (non-hydrogen) atoms. The molecule has 0 aromatic carbocycles. The monoisotopic (exact) mass is 337 g/mol. The number of piperidine rings is 1. The lowest BCUT2D eigenvalue weighted by molar-refractivity contribution is -0.135. The van der Waals surface area contributed by atoms with Crippen molar-refractivity contribution >= 4 is 17.2 Å². The molecule has 0 bridgehead atoms. The van der Waals surface area contributed by atoms with E-state index in [1.807, 2.05) is 4.90 Å². The number of hydrogen-bond acceptors (Lipinski definition) is 5. The Morgan fingerprint density at radius 3 is 2.70 bits per heavy atom. The van der Waals surface area contributed by atoms with Gasteiger partial charge in [0.15, 0.2) is 0 Å². The molecule has 0 radical (unpaired) electrons. The first-order chi connectivity index (χ1) is 11.1. The molecular weight excluding hydrogens is 310 g/mol. The minimum absolute atomic E-state index is 0.211. The van der Waals surface area contributed by atoms with Gasteiger partial charge in [-0.05, 0) is 30.3 Å². The summed E-state index contributed by atoms with van der Waals surface area (Å²) in [5.41, 5.74) is 0. The number of piperazine rings is 1. The van der Waals surface area contributed by atoms with Crippen molar-refractivity contribution in [1.29, 1.82) is 0 Å². The van der Waals surface area contributed by atoms with Crippen LogP contribution in [0.5, 0.6) is 0 Å². The molecule has 2 unspecified atom stereocenters. The number of aliphatic hydroxyl groups excluding tert-OH is 1. The van der Waals surface area contributed by atoms with Crippen molar-refractivity contribution in [2.75, 3.05) is 45.8 Å². The maximum atomic E-state index is 12.5. The molecule has 1 N–H and O–H groups in total. The Morgan fingerprint density at radius 2 is 2.04 bits per heavy atom. The number of thiophene rings is 1. The molecule has 2 atom stereocenters. The predicted molar refractivity (Wildman–Crippen MR) is 92.4 cm³/mol. The van der Waals surface area contributed by atoms with Crippen LogP contribution in [0.3, 0.4) is 0 Å². The van der Waals surface area contributed by atoms with Gasteiger partial charge in [0.1, 0.15) is 0 Å². The number of aliphatic hydroxyl groups is 1. The smallest absolute Gasteiger partial charge is 0.236 e. The second kappa shape index (κ2) is 7.75. The van der Waals surface area contributed by atoms with E-state index in [0.717, 1.165) is 45.7 Å². The van der Waals surface area contributed by atoms with E-state index in [9.17, 15) is 9.90 Å². The molecular formula is C17H27N3O2S. The Morgan fingerprint density at radius 1 is 1.26 bits per heavy atom. The molecule has 2 aliphatic heterocycles. The van der Waals surface area contributed by atoms with Gasteiger partial charge >= 0.3 is 0 Å². The molecule has 128 valence electrons. The number of amides is 1. The zero-order chi connectivity index (χ0) is 16.2. The van der Waals surface area contributed by atoms with Crippen LogP contribution in [0, 0.1) is 5.92 Å². The largest absolute Gasteiger partial charge is 0.392 e. The van der Waals surface area contributed by atoms with E-state index in [4.69, 9.17) is 0 Å². The SMILES string of the molecule is CC1CCN(CC(=O)N2CCN(Cc3cccs3)CC2)CC1O. The van der Waals surface area contributed by atoms with Gasteiger partial charge in [-0.2, -0.15) is 0 Å². The Balaban J connectivity index is 1.41. The Labute approximate surface area is 142 Å². The van der Waals surface area contributed by atoms with Crippen LogP contribution >= 0.6 is 11.3 Å². The highest BCUT2D eigenvalue weighted by Gasteiger charge is 2.28. The van der Waals surface area contributed by atoms with E-state index in [2.05, 4.69) is 34.2 Å². The quantitative estimate of drug-likeness (QED) is 0.894. The van der Waals surface area contributed by atoms with Crippen molar-refractivity contribution < 1.29 is 9.90 Å². The van der Waals surface area contributed by atoms with Crippen LogP contribution in [0.15, 0.2) is 17.5 Å². The number of β-amino-alcohol motifs (C(OH)–C–C–N with tert-alkyl or cyclic N) is 1. The van der Waals surface area contributed by atoms with Gasteiger partial charge in [0, 0.05) is 44.1 Å². The number of hydrogen-bond donors (Lipinski definition) is 1. The molecule has 1 amide bonds. The molecule has 6 heteroatoms. The highest BCUT2D eigenvalue weighted by molar-refractivity contribution is 7.09. The number of rotatable bonds is 4. The Hall–Kier alpha value is -0.950. The third-order valence-electron chi connectivity index (χ3n) is 5.05. The van der Waals surface area contributed by atoms with Crippen molar-refractivity contribution in [3.63, 3.8) is 0 Å². The second-order valence-electron chi connectivity index (χ2n) is 6.80. The van der Waals surface area contributed by atoms with Crippen LogP contribution in [0.1, 0.15) is 18.2 Å². The van der Waals surface area contributed by atoms with Crippen LogP contribution in [-0.4, -0.2) is 77.6 Å². The molecule has 2 fully saturated rings. The highest BCUT2D eigenvalue weighted by Crippen LogP contribution is 2.17. The molecule has 2 aliphatic rings. The standard InChI is InChI=1S/C17H27N3O2S/c1-14-4-5-19(12-16(14)21)13-17(22)20-8-6-18(7-9-20)11-15-3-2-10-23-15/h2-3,10,14,16,21H,4-9,11-13H2,1H3. The molecule has 0 aliphatic carbocycles. The fraction of sp³-hybridized carbons (Fsp3) is 0.706. The van der Waals surface area contributed by atoms with Crippen LogP contribution in [0.4, 0.5) is 0 Å². The average Bonchev–Trinajstić information content (AvgIpc) is 3.04. The first-order valence-corrected chi connectivity index (χ1v) is 9.42. The van der Waals surface area contributed by atoms with Crippen molar-refractivity contribution in [3.05, 3.63) is 22.4 Å². The molecule has 5 nitrogen and oxygen atoms in total. The summed E-state index contributed by atoms with van der Waals surface area (Å²) < 4.78 is 0. The average molecular weight is 337 g/mol. The van der Waals surface area contributed by atoms with Gasteiger partial charge in [0.2, 0.25) is 5.91 Å². The fourth-order valence-corrected chi connectivity index (χ4v) is 4.07. The summed E-state index contributed by atoms with van der Waals surface area (Å²) in [5, 5.41) is 12.1. The number of nitrogens with zero attached hydrogens (tertiary/aromatic N) is 3. The molecule has 0 saturated carbocycles. The predicted octanol–water partition coefficient (Wildman–Crippen LogP) is 1.09. The number of carbonyl (C=O) groups is 1. The van der Waals surface area contributed by atoms with E-state index in [1.165, 1.54) is 4.88 Å². The normalized spacial score (nSPS) is 27.3. The van der Waals surface area contributed by atoms with Gasteiger partial charge in [-0.3, -0.25) is 14.6 Å². The van der Waals surface area contributed by atoms with Crippen LogP contribution in [0.25, 0.3) is 0 Å². The number of carbonyl (C=O) groups excluding carboxylic acids is 1. The highest BCUT2D eigenvalue weighted by atomic mass is 32.1. The third kappa shape index (κ3) is 4.53. The van der Waals surface area contributed by atoms with Gasteiger partial charge in [-0.15, -0.1) is 11.3 Å². The zero-order valence-corrected chi connectivity index (χ0v) is 14.7. The van der Waals surface area contributed by atoms with Crippen molar-refractivity contribution in [3.8, 4) is 0 Å². The van der Waals surface area contributed by atoms with E-state index in [1.54, 1.807) is 11.3 Å². The van der Waals surface area contributed by atoms with E-state index >= 15 is 0 Å². The third-order valence-corrected chi connectivity index (χ3v) is 5.91. The number of likely N-dealkylation sites (tertiary alicyclic amines) is 1. The summed E-state index contributed by atoms with van der Waals surface area (Å²) in [6, 6.07) is 4.26. The molecule has 3 heterocycles. The minimum atomic E-state index is -0.292. The van der Waals surface area contributed by atoms with Gasteiger partial charge in [-0.25, -0.2) is 0 Å². The van der Waals surface area contributed by atoms with E-state index < -0.39 is 0 Å². The summed E-state index contributed by atoms with van der Waals surface area (Å²) >= 11 is 1.79. The maximum absolute atomic E-state index is 12.5. The van der Waals surface area contributed by atoms with Gasteiger partial charge in [0.25, 0.3) is 0 Å². The van der Waals surface area contributed by atoms with Gasteiger partial charge < -0.3 is 10.0 Å². The van der Waals surface area contributed by atoms with Crippen molar-refractivity contribution in [1.82, 2.24) is 14.7 Å². The first kappa shape index (κ1) is 16.9.